The molecule has 3 nitrogen and oxygen atoms in total. The second-order valence-corrected chi connectivity index (χ2v) is 12.1. The SMILES string of the molecule is CC(=O)CC(C)c1ccc(C(=O)NC[Si](C)(C)C)cc1. The van der Waals surface area contributed by atoms with E-state index >= 15 is 0 Å². The van der Waals surface area contributed by atoms with E-state index in [4.69, 9.17) is 0 Å². The van der Waals surface area contributed by atoms with E-state index in [9.17, 15) is 9.59 Å². The van der Waals surface area contributed by atoms with Gasteiger partial charge in [-0.25, -0.2) is 0 Å². The maximum atomic E-state index is 12.0. The molecule has 20 heavy (non-hydrogen) atoms. The lowest BCUT2D eigenvalue weighted by molar-refractivity contribution is -0.117. The highest BCUT2D eigenvalue weighted by Gasteiger charge is 2.15. The van der Waals surface area contributed by atoms with Gasteiger partial charge in [-0.15, -0.1) is 0 Å². The maximum Gasteiger partial charge on any atom is 0.251 e. The highest BCUT2D eigenvalue weighted by atomic mass is 28.3. The van der Waals surface area contributed by atoms with Crippen LogP contribution in [0.4, 0.5) is 0 Å². The molecule has 1 aromatic rings. The van der Waals surface area contributed by atoms with E-state index in [-0.39, 0.29) is 17.6 Å². The summed E-state index contributed by atoms with van der Waals surface area (Å²) in [5.74, 6) is 0.374. The summed E-state index contributed by atoms with van der Waals surface area (Å²) >= 11 is 0. The molecule has 0 bridgehead atoms. The van der Waals surface area contributed by atoms with Crippen molar-refractivity contribution in [3.63, 3.8) is 0 Å². The number of rotatable bonds is 6. The second-order valence-electron chi connectivity index (χ2n) is 6.67. The van der Waals surface area contributed by atoms with Crippen molar-refractivity contribution in [3.8, 4) is 0 Å². The fraction of sp³-hybridized carbons (Fsp3) is 0.500. The second kappa shape index (κ2) is 6.84. The van der Waals surface area contributed by atoms with Crippen LogP contribution in [0.3, 0.4) is 0 Å². The molecule has 0 fully saturated rings. The molecule has 0 aromatic heterocycles. The lowest BCUT2D eigenvalue weighted by Gasteiger charge is -2.16. The van der Waals surface area contributed by atoms with Crippen molar-refractivity contribution in [2.45, 2.75) is 45.8 Å². The smallest absolute Gasteiger partial charge is 0.251 e. The standard InChI is InChI=1S/C16H25NO2Si/c1-12(10-13(2)18)14-6-8-15(9-7-14)16(19)17-11-20(3,4)5/h6-9,12H,10-11H2,1-5H3,(H,17,19). The third-order valence-electron chi connectivity index (χ3n) is 3.11. The first-order valence-electron chi connectivity index (χ1n) is 7.06. The molecule has 1 N–H and O–H groups in total. The number of carbonyl (C=O) groups is 2. The molecule has 1 amide bonds. The van der Waals surface area contributed by atoms with Gasteiger partial charge < -0.3 is 10.1 Å². The molecule has 1 atom stereocenters. The minimum absolute atomic E-state index is 0.0156. The van der Waals surface area contributed by atoms with Crippen molar-refractivity contribution >= 4 is 19.8 Å². The van der Waals surface area contributed by atoms with E-state index in [2.05, 4.69) is 25.0 Å². The monoisotopic (exact) mass is 291 g/mol. The molecule has 0 aliphatic heterocycles. The molecule has 0 saturated carbocycles. The first kappa shape index (κ1) is 16.6. The average molecular weight is 291 g/mol. The summed E-state index contributed by atoms with van der Waals surface area (Å²) < 4.78 is 0. The van der Waals surface area contributed by atoms with E-state index in [1.807, 2.05) is 31.2 Å². The highest BCUT2D eigenvalue weighted by molar-refractivity contribution is 6.76. The van der Waals surface area contributed by atoms with Gasteiger partial charge in [-0.1, -0.05) is 38.7 Å². The van der Waals surface area contributed by atoms with E-state index < -0.39 is 8.07 Å². The maximum absolute atomic E-state index is 12.0. The van der Waals surface area contributed by atoms with Crippen LogP contribution in [0.2, 0.25) is 19.6 Å². The lowest BCUT2D eigenvalue weighted by atomic mass is 9.95. The predicted molar refractivity (Wildman–Crippen MR) is 85.8 cm³/mol. The molecule has 1 aromatic carbocycles. The number of hydrogen-bond acceptors (Lipinski definition) is 2. The predicted octanol–water partition coefficient (Wildman–Crippen LogP) is 3.38. The van der Waals surface area contributed by atoms with Gasteiger partial charge >= 0.3 is 0 Å². The number of ketones is 1. The zero-order valence-corrected chi connectivity index (χ0v) is 14.1. The summed E-state index contributed by atoms with van der Waals surface area (Å²) in [6, 6.07) is 7.56. The van der Waals surface area contributed by atoms with Gasteiger partial charge in [0.1, 0.15) is 5.78 Å². The van der Waals surface area contributed by atoms with Crippen LogP contribution in [0, 0.1) is 0 Å². The van der Waals surface area contributed by atoms with Crippen LogP contribution in [-0.2, 0) is 4.79 Å². The number of Topliss-reactive ketones (excluding diaryl/α,β-unsaturated/α-hetero) is 1. The number of nitrogens with one attached hydrogen (secondary N) is 1. The van der Waals surface area contributed by atoms with Gasteiger partial charge in [-0.3, -0.25) is 4.79 Å². The molecule has 0 heterocycles. The minimum atomic E-state index is -1.27. The van der Waals surface area contributed by atoms with Gasteiger partial charge in [0.25, 0.3) is 5.91 Å². The fourth-order valence-corrected chi connectivity index (χ4v) is 2.65. The summed E-state index contributed by atoms with van der Waals surface area (Å²) in [4.78, 5) is 23.1. The topological polar surface area (TPSA) is 46.2 Å². The number of carbonyl (C=O) groups excluding carboxylic acids is 2. The molecule has 0 saturated heterocycles. The van der Waals surface area contributed by atoms with E-state index in [1.165, 1.54) is 0 Å². The Morgan fingerprint density at radius 1 is 1.15 bits per heavy atom. The molecule has 110 valence electrons. The molecule has 4 heteroatoms. The highest BCUT2D eigenvalue weighted by Crippen LogP contribution is 2.19. The molecule has 0 aliphatic rings. The van der Waals surface area contributed by atoms with Crippen molar-refractivity contribution < 1.29 is 9.59 Å². The van der Waals surface area contributed by atoms with Crippen molar-refractivity contribution in [1.29, 1.82) is 0 Å². The van der Waals surface area contributed by atoms with Gasteiger partial charge in [0.2, 0.25) is 0 Å². The molecular weight excluding hydrogens is 266 g/mol. The largest absolute Gasteiger partial charge is 0.355 e. The Morgan fingerprint density at radius 2 is 1.70 bits per heavy atom. The Labute approximate surface area is 122 Å². The van der Waals surface area contributed by atoms with Crippen LogP contribution in [0.5, 0.6) is 0 Å². The lowest BCUT2D eigenvalue weighted by Crippen LogP contribution is -2.39. The van der Waals surface area contributed by atoms with Crippen LogP contribution in [0.15, 0.2) is 24.3 Å². The van der Waals surface area contributed by atoms with E-state index in [1.54, 1.807) is 6.92 Å². The third kappa shape index (κ3) is 5.69. The summed E-state index contributed by atoms with van der Waals surface area (Å²) in [6.45, 7) is 10.3. The quantitative estimate of drug-likeness (QED) is 0.817. The molecular formula is C16H25NO2Si. The summed E-state index contributed by atoms with van der Waals surface area (Å²) in [5.41, 5.74) is 1.78. The zero-order valence-electron chi connectivity index (χ0n) is 13.1. The van der Waals surface area contributed by atoms with Crippen LogP contribution in [-0.4, -0.2) is 25.9 Å². The molecule has 1 unspecified atom stereocenters. The fourth-order valence-electron chi connectivity index (χ4n) is 1.96. The van der Waals surface area contributed by atoms with Crippen molar-refractivity contribution in [1.82, 2.24) is 5.32 Å². The normalized spacial score (nSPS) is 12.8. The van der Waals surface area contributed by atoms with Gasteiger partial charge in [0, 0.05) is 18.2 Å². The van der Waals surface area contributed by atoms with Crippen LogP contribution in [0.1, 0.15) is 42.1 Å². The third-order valence-corrected chi connectivity index (χ3v) is 4.35. The van der Waals surface area contributed by atoms with E-state index in [0.29, 0.717) is 12.0 Å². The average Bonchev–Trinajstić information content (AvgIpc) is 2.34. The van der Waals surface area contributed by atoms with Crippen LogP contribution < -0.4 is 5.32 Å². The van der Waals surface area contributed by atoms with Crippen molar-refractivity contribution in [2.24, 2.45) is 0 Å². The van der Waals surface area contributed by atoms with Crippen LogP contribution in [0.25, 0.3) is 0 Å². The number of benzene rings is 1. The molecule has 0 radical (unpaired) electrons. The molecule has 0 aliphatic carbocycles. The number of hydrogen-bond donors (Lipinski definition) is 1. The Kier molecular flexibility index (Phi) is 5.69. The number of amides is 1. The van der Waals surface area contributed by atoms with Gasteiger partial charge in [-0.05, 0) is 30.5 Å². The molecule has 1 rings (SSSR count). The Bertz CT molecular complexity index is 474. The van der Waals surface area contributed by atoms with Gasteiger partial charge in [-0.2, -0.15) is 0 Å². The van der Waals surface area contributed by atoms with Crippen molar-refractivity contribution in [3.05, 3.63) is 35.4 Å². The Hall–Kier alpha value is -1.42. The Morgan fingerprint density at radius 3 is 2.15 bits per heavy atom. The molecule has 0 spiro atoms. The minimum Gasteiger partial charge on any atom is -0.355 e. The Balaban J connectivity index is 2.66. The zero-order chi connectivity index (χ0) is 15.3. The van der Waals surface area contributed by atoms with Crippen molar-refractivity contribution in [2.75, 3.05) is 6.17 Å². The first-order chi connectivity index (χ1) is 9.19. The van der Waals surface area contributed by atoms with Crippen LogP contribution >= 0.6 is 0 Å². The summed E-state index contributed by atoms with van der Waals surface area (Å²) in [6.07, 6.45) is 1.33. The van der Waals surface area contributed by atoms with Gasteiger partial charge in [0.05, 0.1) is 8.07 Å². The summed E-state index contributed by atoms with van der Waals surface area (Å²) in [7, 11) is -1.27. The summed E-state index contributed by atoms with van der Waals surface area (Å²) in [5, 5.41) is 2.99. The van der Waals surface area contributed by atoms with E-state index in [0.717, 1.165) is 11.7 Å². The van der Waals surface area contributed by atoms with Gasteiger partial charge in [0.15, 0.2) is 0 Å². The first-order valence-corrected chi connectivity index (χ1v) is 10.8.